The fraction of sp³-hybridized carbons (Fsp3) is 0.333. The summed E-state index contributed by atoms with van der Waals surface area (Å²) in [6.07, 6.45) is 0. The van der Waals surface area contributed by atoms with Crippen molar-refractivity contribution in [1.29, 1.82) is 0 Å². The van der Waals surface area contributed by atoms with E-state index in [4.69, 9.17) is 14.0 Å². The number of para-hydroxylation sites is 1. The summed E-state index contributed by atoms with van der Waals surface area (Å²) in [6.45, 7) is 3.29. The largest absolute Gasteiger partial charge is 0.497 e. The molecule has 1 fully saturated rings. The van der Waals surface area contributed by atoms with Crippen molar-refractivity contribution < 1.29 is 14.0 Å². The lowest BCUT2D eigenvalue weighted by atomic mass is 10.0. The Hall–Kier alpha value is -2.90. The van der Waals surface area contributed by atoms with E-state index in [9.17, 15) is 0 Å². The van der Waals surface area contributed by atoms with Crippen molar-refractivity contribution in [2.75, 3.05) is 33.9 Å². The van der Waals surface area contributed by atoms with Crippen LogP contribution in [-0.4, -0.2) is 48.9 Å². The van der Waals surface area contributed by atoms with Gasteiger partial charge in [-0.1, -0.05) is 23.4 Å². The van der Waals surface area contributed by atoms with Crippen molar-refractivity contribution in [3.8, 4) is 23.0 Å². The van der Waals surface area contributed by atoms with Crippen LogP contribution >= 0.6 is 0 Å². The molecule has 0 aliphatic carbocycles. The average molecular weight is 380 g/mol. The number of nitrogens with one attached hydrogen (secondary N) is 1. The van der Waals surface area contributed by atoms with Gasteiger partial charge in [0.05, 0.1) is 26.8 Å². The first-order valence-electron chi connectivity index (χ1n) is 9.33. The van der Waals surface area contributed by atoms with Gasteiger partial charge in [-0.15, -0.1) is 0 Å². The fourth-order valence-corrected chi connectivity index (χ4v) is 3.53. The first-order valence-corrected chi connectivity index (χ1v) is 9.33. The number of nitrogens with zero attached hydrogens (tertiary/aromatic N) is 3. The molecule has 0 bridgehead atoms. The van der Waals surface area contributed by atoms with Gasteiger partial charge in [-0.3, -0.25) is 4.90 Å². The molecular formula is C21H24N4O3. The molecular weight excluding hydrogens is 356 g/mol. The van der Waals surface area contributed by atoms with E-state index in [1.54, 1.807) is 14.2 Å². The molecule has 0 saturated carbocycles. The molecule has 3 aromatic rings. The molecule has 4 rings (SSSR count). The molecule has 0 spiro atoms. The van der Waals surface area contributed by atoms with Crippen LogP contribution in [0.1, 0.15) is 17.4 Å². The van der Waals surface area contributed by atoms with Crippen LogP contribution in [0.4, 0.5) is 0 Å². The van der Waals surface area contributed by atoms with Crippen LogP contribution in [0.5, 0.6) is 11.5 Å². The Bertz CT molecular complexity index is 910. The van der Waals surface area contributed by atoms with Gasteiger partial charge in [-0.25, -0.2) is 0 Å². The Morgan fingerprint density at radius 3 is 2.71 bits per heavy atom. The number of piperazine rings is 1. The highest BCUT2D eigenvalue weighted by atomic mass is 16.5. The summed E-state index contributed by atoms with van der Waals surface area (Å²) in [6, 6.07) is 15.9. The Kier molecular flexibility index (Phi) is 5.55. The van der Waals surface area contributed by atoms with Crippen LogP contribution in [0.3, 0.4) is 0 Å². The van der Waals surface area contributed by atoms with Gasteiger partial charge in [0.1, 0.15) is 11.5 Å². The smallest absolute Gasteiger partial charge is 0.257 e. The first kappa shape index (κ1) is 18.5. The summed E-state index contributed by atoms with van der Waals surface area (Å²) >= 11 is 0. The van der Waals surface area contributed by atoms with E-state index in [1.807, 2.05) is 42.5 Å². The van der Waals surface area contributed by atoms with E-state index >= 15 is 0 Å². The predicted molar refractivity (Wildman–Crippen MR) is 105 cm³/mol. The van der Waals surface area contributed by atoms with Gasteiger partial charge >= 0.3 is 0 Å². The second kappa shape index (κ2) is 8.41. The zero-order chi connectivity index (χ0) is 19.3. The maximum atomic E-state index is 5.56. The van der Waals surface area contributed by atoms with Crippen molar-refractivity contribution in [3.05, 3.63) is 59.9 Å². The van der Waals surface area contributed by atoms with Crippen molar-refractivity contribution in [1.82, 2.24) is 20.4 Å². The molecule has 0 amide bonds. The summed E-state index contributed by atoms with van der Waals surface area (Å²) < 4.78 is 16.2. The highest BCUT2D eigenvalue weighted by Crippen LogP contribution is 2.31. The molecule has 1 N–H and O–H groups in total. The van der Waals surface area contributed by atoms with Crippen LogP contribution in [0.15, 0.2) is 53.1 Å². The van der Waals surface area contributed by atoms with E-state index in [1.165, 1.54) is 0 Å². The van der Waals surface area contributed by atoms with E-state index in [0.717, 1.165) is 42.3 Å². The number of rotatable bonds is 6. The van der Waals surface area contributed by atoms with Crippen LogP contribution in [0.25, 0.3) is 11.5 Å². The van der Waals surface area contributed by atoms with Crippen molar-refractivity contribution in [2.24, 2.45) is 0 Å². The maximum absolute atomic E-state index is 5.56. The third-order valence-corrected chi connectivity index (χ3v) is 5.00. The summed E-state index contributed by atoms with van der Waals surface area (Å²) in [5, 5.41) is 7.66. The Morgan fingerprint density at radius 2 is 1.93 bits per heavy atom. The topological polar surface area (TPSA) is 72.7 Å². The van der Waals surface area contributed by atoms with Crippen molar-refractivity contribution >= 4 is 0 Å². The molecule has 1 aliphatic heterocycles. The van der Waals surface area contributed by atoms with Crippen molar-refractivity contribution in [2.45, 2.75) is 12.6 Å². The lowest BCUT2D eigenvalue weighted by molar-refractivity contribution is 0.146. The molecule has 0 radical (unpaired) electrons. The minimum absolute atomic E-state index is 0.188. The maximum Gasteiger partial charge on any atom is 0.257 e. The molecule has 1 unspecified atom stereocenters. The number of ether oxygens (including phenoxy) is 2. The first-order chi connectivity index (χ1) is 13.8. The minimum Gasteiger partial charge on any atom is -0.497 e. The molecule has 28 heavy (non-hydrogen) atoms. The van der Waals surface area contributed by atoms with Gasteiger partial charge in [0.25, 0.3) is 5.89 Å². The van der Waals surface area contributed by atoms with Crippen LogP contribution < -0.4 is 14.8 Å². The standard InChI is InChI=1S/C21H24N4O3/c1-26-16-9-7-15(8-10-16)21-23-20(24-28-21)14-25-12-11-22-13-18(25)17-5-3-4-6-19(17)27-2/h3-10,18,22H,11-14H2,1-2H3. The third kappa shape index (κ3) is 3.85. The number of hydrogen-bond donors (Lipinski definition) is 1. The van der Waals surface area contributed by atoms with E-state index in [2.05, 4.69) is 26.4 Å². The number of benzene rings is 2. The Morgan fingerprint density at radius 1 is 1.11 bits per heavy atom. The van der Waals surface area contributed by atoms with Gasteiger partial charge in [-0.05, 0) is 30.3 Å². The normalized spacial score (nSPS) is 17.4. The van der Waals surface area contributed by atoms with Crippen LogP contribution in [0.2, 0.25) is 0 Å². The second-order valence-electron chi connectivity index (χ2n) is 6.68. The SMILES string of the molecule is COc1ccc(-c2nc(CN3CCNCC3c3ccccc3OC)no2)cc1. The molecule has 1 aliphatic rings. The van der Waals surface area contributed by atoms with Gasteiger partial charge in [0.15, 0.2) is 5.82 Å². The van der Waals surface area contributed by atoms with E-state index in [-0.39, 0.29) is 6.04 Å². The number of methoxy groups -OCH3 is 2. The summed E-state index contributed by atoms with van der Waals surface area (Å²) in [4.78, 5) is 6.95. The van der Waals surface area contributed by atoms with E-state index in [0.29, 0.717) is 18.3 Å². The predicted octanol–water partition coefficient (Wildman–Crippen LogP) is 2.90. The fourth-order valence-electron chi connectivity index (χ4n) is 3.53. The van der Waals surface area contributed by atoms with Gasteiger partial charge < -0.3 is 19.3 Å². The van der Waals surface area contributed by atoms with Crippen LogP contribution in [0, 0.1) is 0 Å². The molecule has 2 heterocycles. The lowest BCUT2D eigenvalue weighted by Crippen LogP contribution is -2.45. The lowest BCUT2D eigenvalue weighted by Gasteiger charge is -2.36. The zero-order valence-electron chi connectivity index (χ0n) is 16.1. The summed E-state index contributed by atoms with van der Waals surface area (Å²) in [5.41, 5.74) is 2.04. The van der Waals surface area contributed by atoms with Gasteiger partial charge in [0.2, 0.25) is 0 Å². The Balaban J connectivity index is 1.53. The summed E-state index contributed by atoms with van der Waals surface area (Å²) in [7, 11) is 3.35. The Labute approximate surface area is 164 Å². The minimum atomic E-state index is 0.188. The molecule has 2 aromatic carbocycles. The molecule has 7 heteroatoms. The monoisotopic (exact) mass is 380 g/mol. The highest BCUT2D eigenvalue weighted by Gasteiger charge is 2.27. The van der Waals surface area contributed by atoms with Gasteiger partial charge in [0, 0.05) is 30.8 Å². The molecule has 1 aromatic heterocycles. The summed E-state index contributed by atoms with van der Waals surface area (Å²) in [5.74, 6) is 2.88. The van der Waals surface area contributed by atoms with Gasteiger partial charge in [-0.2, -0.15) is 4.98 Å². The third-order valence-electron chi connectivity index (χ3n) is 5.00. The van der Waals surface area contributed by atoms with Crippen LogP contribution in [-0.2, 0) is 6.54 Å². The molecule has 1 atom stereocenters. The quantitative estimate of drug-likeness (QED) is 0.705. The molecule has 1 saturated heterocycles. The number of hydrogen-bond acceptors (Lipinski definition) is 7. The molecule has 146 valence electrons. The average Bonchev–Trinajstić information content (AvgIpc) is 3.23. The van der Waals surface area contributed by atoms with Crippen molar-refractivity contribution in [3.63, 3.8) is 0 Å². The second-order valence-corrected chi connectivity index (χ2v) is 6.68. The number of aromatic nitrogens is 2. The molecule has 7 nitrogen and oxygen atoms in total. The highest BCUT2D eigenvalue weighted by molar-refractivity contribution is 5.54. The van der Waals surface area contributed by atoms with E-state index < -0.39 is 0 Å². The zero-order valence-corrected chi connectivity index (χ0v) is 16.1.